The van der Waals surface area contributed by atoms with E-state index in [4.69, 9.17) is 0 Å². The highest BCUT2D eigenvalue weighted by Crippen LogP contribution is 2.20. The summed E-state index contributed by atoms with van der Waals surface area (Å²) in [6.45, 7) is 2.11. The maximum Gasteiger partial charge on any atom is 0.317 e. The van der Waals surface area contributed by atoms with Crippen molar-refractivity contribution in [1.29, 1.82) is 0 Å². The number of H-pyrrole nitrogens is 1. The SMILES string of the molecule is O=C(CCNC(=O)N1CCN(C(=O)c2c[nH]c3ccccc23)CC1)Nc1ccccc1. The maximum atomic E-state index is 12.9. The summed E-state index contributed by atoms with van der Waals surface area (Å²) < 4.78 is 0. The summed E-state index contributed by atoms with van der Waals surface area (Å²) >= 11 is 0. The van der Waals surface area contributed by atoms with Crippen molar-refractivity contribution in [3.05, 3.63) is 66.4 Å². The van der Waals surface area contributed by atoms with Gasteiger partial charge >= 0.3 is 6.03 Å². The number of piperazine rings is 1. The van der Waals surface area contributed by atoms with E-state index in [1.807, 2.05) is 54.6 Å². The molecule has 0 unspecified atom stereocenters. The average molecular weight is 419 g/mol. The van der Waals surface area contributed by atoms with Crippen LogP contribution in [0.2, 0.25) is 0 Å². The molecule has 8 heteroatoms. The summed E-state index contributed by atoms with van der Waals surface area (Å²) in [6.07, 6.45) is 1.94. The number of hydrogen-bond donors (Lipinski definition) is 3. The van der Waals surface area contributed by atoms with Gasteiger partial charge in [-0.2, -0.15) is 0 Å². The summed E-state index contributed by atoms with van der Waals surface area (Å²) in [5.41, 5.74) is 2.31. The molecule has 1 aliphatic heterocycles. The largest absolute Gasteiger partial charge is 0.360 e. The number of aromatic nitrogens is 1. The van der Waals surface area contributed by atoms with Gasteiger partial charge in [-0.25, -0.2) is 4.79 Å². The van der Waals surface area contributed by atoms with Crippen molar-refractivity contribution in [2.75, 3.05) is 38.0 Å². The number of benzene rings is 2. The molecule has 0 aliphatic carbocycles. The first-order valence-electron chi connectivity index (χ1n) is 10.3. The normalized spacial score (nSPS) is 13.8. The minimum atomic E-state index is -0.216. The highest BCUT2D eigenvalue weighted by Gasteiger charge is 2.26. The number of carbonyl (C=O) groups is 3. The minimum absolute atomic E-state index is 0.0323. The van der Waals surface area contributed by atoms with Crippen molar-refractivity contribution in [1.82, 2.24) is 20.1 Å². The molecule has 1 saturated heterocycles. The average Bonchev–Trinajstić information content (AvgIpc) is 3.23. The number of carbonyl (C=O) groups excluding carboxylic acids is 3. The lowest BCUT2D eigenvalue weighted by Gasteiger charge is -2.34. The Hall–Kier alpha value is -3.81. The second-order valence-corrected chi connectivity index (χ2v) is 7.42. The Bertz CT molecular complexity index is 1070. The van der Waals surface area contributed by atoms with Crippen molar-refractivity contribution in [2.45, 2.75) is 6.42 Å². The smallest absolute Gasteiger partial charge is 0.317 e. The van der Waals surface area contributed by atoms with Crippen molar-refractivity contribution >= 4 is 34.4 Å². The number of hydrogen-bond acceptors (Lipinski definition) is 3. The monoisotopic (exact) mass is 419 g/mol. The number of anilines is 1. The van der Waals surface area contributed by atoms with Crippen LogP contribution in [0.5, 0.6) is 0 Å². The Kier molecular flexibility index (Phi) is 6.16. The zero-order valence-corrected chi connectivity index (χ0v) is 17.1. The van der Waals surface area contributed by atoms with E-state index in [-0.39, 0.29) is 30.8 Å². The van der Waals surface area contributed by atoms with Crippen LogP contribution in [-0.4, -0.2) is 65.4 Å². The maximum absolute atomic E-state index is 12.9. The van der Waals surface area contributed by atoms with E-state index in [1.165, 1.54) is 0 Å². The van der Waals surface area contributed by atoms with Crippen LogP contribution in [0.15, 0.2) is 60.8 Å². The van der Waals surface area contributed by atoms with Crippen LogP contribution in [0.4, 0.5) is 10.5 Å². The Labute approximate surface area is 180 Å². The molecule has 4 amide bonds. The molecule has 31 heavy (non-hydrogen) atoms. The van der Waals surface area contributed by atoms with Gasteiger partial charge in [0.05, 0.1) is 5.56 Å². The first kappa shape index (κ1) is 20.5. The van der Waals surface area contributed by atoms with Crippen LogP contribution in [0.3, 0.4) is 0 Å². The van der Waals surface area contributed by atoms with Gasteiger partial charge < -0.3 is 25.4 Å². The van der Waals surface area contributed by atoms with Gasteiger partial charge in [0, 0.05) is 61.9 Å². The van der Waals surface area contributed by atoms with E-state index < -0.39 is 0 Å². The zero-order chi connectivity index (χ0) is 21.6. The standard InChI is InChI=1S/C23H25N5O3/c29-21(26-17-6-2-1-3-7-17)10-11-24-23(31)28-14-12-27(13-15-28)22(30)19-16-25-20-9-5-4-8-18(19)20/h1-9,16,25H,10-15H2,(H,24,31)(H,26,29). The highest BCUT2D eigenvalue weighted by atomic mass is 16.2. The van der Waals surface area contributed by atoms with Gasteiger partial charge in [-0.15, -0.1) is 0 Å². The van der Waals surface area contributed by atoms with Gasteiger partial charge in [0.2, 0.25) is 5.91 Å². The van der Waals surface area contributed by atoms with Crippen LogP contribution in [0.1, 0.15) is 16.8 Å². The zero-order valence-electron chi connectivity index (χ0n) is 17.1. The fourth-order valence-corrected chi connectivity index (χ4v) is 3.67. The first-order chi connectivity index (χ1) is 15.1. The molecule has 0 saturated carbocycles. The molecule has 160 valence electrons. The Morgan fingerprint density at radius 3 is 2.32 bits per heavy atom. The molecule has 4 rings (SSSR count). The predicted molar refractivity (Wildman–Crippen MR) is 119 cm³/mol. The molecular formula is C23H25N5O3. The lowest BCUT2D eigenvalue weighted by molar-refractivity contribution is -0.116. The summed E-state index contributed by atoms with van der Waals surface area (Å²) in [5.74, 6) is -0.185. The van der Waals surface area contributed by atoms with Gasteiger partial charge in [0.25, 0.3) is 5.91 Å². The molecule has 0 spiro atoms. The number of fused-ring (bicyclic) bond motifs is 1. The molecule has 2 heterocycles. The minimum Gasteiger partial charge on any atom is -0.360 e. The number of urea groups is 1. The van der Waals surface area contributed by atoms with Crippen molar-refractivity contribution < 1.29 is 14.4 Å². The fourth-order valence-electron chi connectivity index (χ4n) is 3.67. The van der Waals surface area contributed by atoms with E-state index in [1.54, 1.807) is 16.0 Å². The molecule has 3 N–H and O–H groups in total. The van der Waals surface area contributed by atoms with Gasteiger partial charge in [0.15, 0.2) is 0 Å². The topological polar surface area (TPSA) is 97.5 Å². The molecule has 8 nitrogen and oxygen atoms in total. The van der Waals surface area contributed by atoms with Crippen LogP contribution in [0.25, 0.3) is 10.9 Å². The van der Waals surface area contributed by atoms with E-state index in [0.717, 1.165) is 16.6 Å². The van der Waals surface area contributed by atoms with E-state index in [2.05, 4.69) is 15.6 Å². The van der Waals surface area contributed by atoms with Crippen LogP contribution in [-0.2, 0) is 4.79 Å². The molecule has 3 aromatic rings. The third kappa shape index (κ3) is 4.85. The van der Waals surface area contributed by atoms with Crippen LogP contribution in [0, 0.1) is 0 Å². The van der Waals surface area contributed by atoms with Gasteiger partial charge in [-0.3, -0.25) is 9.59 Å². The number of nitrogens with zero attached hydrogens (tertiary/aromatic N) is 2. The summed E-state index contributed by atoms with van der Waals surface area (Å²) in [7, 11) is 0. The molecule has 1 aromatic heterocycles. The van der Waals surface area contributed by atoms with Gasteiger partial charge in [-0.05, 0) is 18.2 Å². The van der Waals surface area contributed by atoms with Gasteiger partial charge in [-0.1, -0.05) is 36.4 Å². The second-order valence-electron chi connectivity index (χ2n) is 7.42. The Morgan fingerprint density at radius 2 is 1.55 bits per heavy atom. The Morgan fingerprint density at radius 1 is 0.871 bits per heavy atom. The van der Waals surface area contributed by atoms with E-state index in [9.17, 15) is 14.4 Å². The molecule has 1 fully saturated rings. The number of nitrogens with one attached hydrogen (secondary N) is 3. The van der Waals surface area contributed by atoms with Gasteiger partial charge in [0.1, 0.15) is 0 Å². The Balaban J connectivity index is 1.22. The third-order valence-electron chi connectivity index (χ3n) is 5.36. The molecule has 0 atom stereocenters. The van der Waals surface area contributed by atoms with Crippen LogP contribution < -0.4 is 10.6 Å². The number of amides is 4. The van der Waals surface area contributed by atoms with E-state index >= 15 is 0 Å². The number of rotatable bonds is 5. The van der Waals surface area contributed by atoms with Crippen molar-refractivity contribution in [2.24, 2.45) is 0 Å². The quantitative estimate of drug-likeness (QED) is 0.593. The molecule has 0 radical (unpaired) electrons. The van der Waals surface area contributed by atoms with E-state index in [0.29, 0.717) is 31.7 Å². The summed E-state index contributed by atoms with van der Waals surface area (Å²) in [5, 5.41) is 6.48. The van der Waals surface area contributed by atoms with Crippen LogP contribution >= 0.6 is 0 Å². The van der Waals surface area contributed by atoms with Crippen molar-refractivity contribution in [3.8, 4) is 0 Å². The lowest BCUT2D eigenvalue weighted by atomic mass is 10.1. The molecule has 2 aromatic carbocycles. The second kappa shape index (κ2) is 9.34. The first-order valence-corrected chi connectivity index (χ1v) is 10.3. The number of para-hydroxylation sites is 2. The molecular weight excluding hydrogens is 394 g/mol. The lowest BCUT2D eigenvalue weighted by Crippen LogP contribution is -2.53. The van der Waals surface area contributed by atoms with Crippen molar-refractivity contribution in [3.63, 3.8) is 0 Å². The highest BCUT2D eigenvalue weighted by molar-refractivity contribution is 6.06. The number of aromatic amines is 1. The fraction of sp³-hybridized carbons (Fsp3) is 0.261. The third-order valence-corrected chi connectivity index (χ3v) is 5.36. The molecule has 0 bridgehead atoms. The molecule has 1 aliphatic rings. The predicted octanol–water partition coefficient (Wildman–Crippen LogP) is 2.66. The summed E-state index contributed by atoms with van der Waals surface area (Å²) in [4.78, 5) is 43.8. The summed E-state index contributed by atoms with van der Waals surface area (Å²) in [6, 6.07) is 16.7.